The lowest BCUT2D eigenvalue weighted by Crippen LogP contribution is -1.90. The average Bonchev–Trinajstić information content (AvgIpc) is 2.88. The number of hydrogen-bond acceptors (Lipinski definition) is 2. The van der Waals surface area contributed by atoms with E-state index >= 15 is 0 Å². The fourth-order valence-corrected chi connectivity index (χ4v) is 2.21. The predicted octanol–water partition coefficient (Wildman–Crippen LogP) is 3.35. The number of aromatic amines is 1. The average molecular weight is 235 g/mol. The number of hydrogen-bond donors (Lipinski definition) is 1. The van der Waals surface area contributed by atoms with Crippen LogP contribution >= 0.6 is 0 Å². The summed E-state index contributed by atoms with van der Waals surface area (Å²) in [5.41, 5.74) is 5.33. The van der Waals surface area contributed by atoms with Gasteiger partial charge in [0.15, 0.2) is 0 Å². The second kappa shape index (κ2) is 4.45. The molecule has 0 radical (unpaired) electrons. The summed E-state index contributed by atoms with van der Waals surface area (Å²) in [4.78, 5) is 0. The smallest absolute Gasteiger partial charge is 0.121 e. The van der Waals surface area contributed by atoms with Crippen LogP contribution in [0.15, 0.2) is 55.1 Å². The number of nitrogens with zero attached hydrogens (tertiary/aromatic N) is 2. The molecular formula is C15H13N3. The number of aromatic nitrogens is 3. The van der Waals surface area contributed by atoms with Gasteiger partial charge in [0.1, 0.15) is 11.0 Å². The van der Waals surface area contributed by atoms with Gasteiger partial charge in [0.25, 0.3) is 0 Å². The molecule has 0 saturated carbocycles. The van der Waals surface area contributed by atoms with Gasteiger partial charge >= 0.3 is 0 Å². The van der Waals surface area contributed by atoms with Crippen LogP contribution in [-0.2, 0) is 6.42 Å². The number of H-pyrrole nitrogens is 1. The largest absolute Gasteiger partial charge is 0.197 e. The molecule has 2 aromatic carbocycles. The Bertz CT molecular complexity index is 683. The molecule has 1 heterocycles. The lowest BCUT2D eigenvalue weighted by molar-refractivity contribution is 0.959. The van der Waals surface area contributed by atoms with Gasteiger partial charge in [-0.05, 0) is 23.6 Å². The first-order chi connectivity index (χ1) is 8.90. The van der Waals surface area contributed by atoms with Crippen molar-refractivity contribution in [3.05, 3.63) is 60.7 Å². The second-order valence-corrected chi connectivity index (χ2v) is 4.15. The normalized spacial score (nSPS) is 10.7. The molecule has 0 amide bonds. The fourth-order valence-electron chi connectivity index (χ4n) is 2.21. The lowest BCUT2D eigenvalue weighted by atomic mass is 9.96. The molecule has 1 N–H and O–H groups in total. The van der Waals surface area contributed by atoms with Gasteiger partial charge in [-0.2, -0.15) is 15.4 Å². The topological polar surface area (TPSA) is 41.6 Å². The Morgan fingerprint density at radius 3 is 2.67 bits per heavy atom. The molecule has 0 aliphatic heterocycles. The van der Waals surface area contributed by atoms with E-state index in [1.165, 1.54) is 5.56 Å². The van der Waals surface area contributed by atoms with Crippen molar-refractivity contribution in [1.29, 1.82) is 0 Å². The molecular weight excluding hydrogens is 222 g/mol. The Morgan fingerprint density at radius 1 is 1.06 bits per heavy atom. The highest BCUT2D eigenvalue weighted by molar-refractivity contribution is 5.93. The van der Waals surface area contributed by atoms with Crippen LogP contribution in [0.5, 0.6) is 0 Å². The monoisotopic (exact) mass is 235 g/mol. The van der Waals surface area contributed by atoms with Gasteiger partial charge in [-0.15, -0.1) is 6.58 Å². The van der Waals surface area contributed by atoms with E-state index in [1.54, 1.807) is 0 Å². The third-order valence-corrected chi connectivity index (χ3v) is 3.00. The summed E-state index contributed by atoms with van der Waals surface area (Å²) < 4.78 is 0. The van der Waals surface area contributed by atoms with E-state index in [-0.39, 0.29) is 0 Å². The highest BCUT2D eigenvalue weighted by Gasteiger charge is 2.11. The number of rotatable bonds is 3. The van der Waals surface area contributed by atoms with Gasteiger partial charge in [0, 0.05) is 5.56 Å². The first-order valence-corrected chi connectivity index (χ1v) is 5.89. The predicted molar refractivity (Wildman–Crippen MR) is 73.2 cm³/mol. The molecule has 0 unspecified atom stereocenters. The van der Waals surface area contributed by atoms with E-state index in [1.807, 2.05) is 30.3 Å². The van der Waals surface area contributed by atoms with Crippen LogP contribution < -0.4 is 0 Å². The van der Waals surface area contributed by atoms with Crippen LogP contribution in [0.3, 0.4) is 0 Å². The van der Waals surface area contributed by atoms with Crippen molar-refractivity contribution in [2.75, 3.05) is 0 Å². The minimum atomic E-state index is 0.826. The SMILES string of the molecule is C=CCc1ccc2n[nH]nc2c1-c1ccccc1. The Balaban J connectivity index is 2.32. The maximum absolute atomic E-state index is 4.27. The van der Waals surface area contributed by atoms with Crippen LogP contribution in [0.4, 0.5) is 0 Å². The lowest BCUT2D eigenvalue weighted by Gasteiger charge is -2.08. The van der Waals surface area contributed by atoms with Crippen LogP contribution in [0.25, 0.3) is 22.2 Å². The second-order valence-electron chi connectivity index (χ2n) is 4.15. The highest BCUT2D eigenvalue weighted by Crippen LogP contribution is 2.30. The molecule has 1 aromatic heterocycles. The minimum Gasteiger partial charge on any atom is -0.197 e. The summed E-state index contributed by atoms with van der Waals surface area (Å²) in [5.74, 6) is 0. The number of fused-ring (bicyclic) bond motifs is 1. The molecule has 0 bridgehead atoms. The van der Waals surface area contributed by atoms with Crippen molar-refractivity contribution in [2.45, 2.75) is 6.42 Å². The first kappa shape index (κ1) is 10.7. The zero-order valence-electron chi connectivity index (χ0n) is 9.93. The van der Waals surface area contributed by atoms with Gasteiger partial charge < -0.3 is 0 Å². The summed E-state index contributed by atoms with van der Waals surface area (Å²) in [6, 6.07) is 14.3. The zero-order chi connectivity index (χ0) is 12.4. The molecule has 18 heavy (non-hydrogen) atoms. The van der Waals surface area contributed by atoms with Crippen LogP contribution in [-0.4, -0.2) is 15.4 Å². The van der Waals surface area contributed by atoms with Crippen LogP contribution in [0.2, 0.25) is 0 Å². The van der Waals surface area contributed by atoms with E-state index in [2.05, 4.69) is 40.2 Å². The van der Waals surface area contributed by atoms with Gasteiger partial charge in [0.2, 0.25) is 0 Å². The van der Waals surface area contributed by atoms with Gasteiger partial charge in [-0.3, -0.25) is 0 Å². The summed E-state index contributed by atoms with van der Waals surface area (Å²) >= 11 is 0. The van der Waals surface area contributed by atoms with Crippen LogP contribution in [0.1, 0.15) is 5.56 Å². The number of nitrogens with one attached hydrogen (secondary N) is 1. The Labute approximate surface area is 105 Å². The van der Waals surface area contributed by atoms with Crippen molar-refractivity contribution >= 4 is 11.0 Å². The molecule has 0 spiro atoms. The van der Waals surface area contributed by atoms with E-state index in [4.69, 9.17) is 0 Å². The van der Waals surface area contributed by atoms with E-state index in [0.717, 1.165) is 28.6 Å². The molecule has 0 aliphatic carbocycles. The third kappa shape index (κ3) is 1.70. The standard InChI is InChI=1S/C15H13N3/c1-2-6-11-9-10-13-15(17-18-16-13)14(11)12-7-4-3-5-8-12/h2-5,7-10H,1,6H2,(H,16,17,18). The summed E-state index contributed by atoms with van der Waals surface area (Å²) in [6.07, 6.45) is 2.74. The Hall–Kier alpha value is -2.42. The van der Waals surface area contributed by atoms with Gasteiger partial charge in [-0.1, -0.05) is 42.5 Å². The molecule has 0 saturated heterocycles. The van der Waals surface area contributed by atoms with Crippen LogP contribution in [0, 0.1) is 0 Å². The number of allylic oxidation sites excluding steroid dienone is 1. The third-order valence-electron chi connectivity index (χ3n) is 3.00. The summed E-state index contributed by atoms with van der Waals surface area (Å²) in [7, 11) is 0. The van der Waals surface area contributed by atoms with Crippen molar-refractivity contribution in [2.24, 2.45) is 0 Å². The first-order valence-electron chi connectivity index (χ1n) is 5.89. The van der Waals surface area contributed by atoms with Crippen molar-refractivity contribution < 1.29 is 0 Å². The van der Waals surface area contributed by atoms with Crippen molar-refractivity contribution in [3.63, 3.8) is 0 Å². The molecule has 0 atom stereocenters. The molecule has 88 valence electrons. The fraction of sp³-hybridized carbons (Fsp3) is 0.0667. The number of benzene rings is 2. The minimum absolute atomic E-state index is 0.826. The molecule has 0 aliphatic rings. The maximum atomic E-state index is 4.27. The van der Waals surface area contributed by atoms with E-state index < -0.39 is 0 Å². The molecule has 3 aromatic rings. The highest BCUT2D eigenvalue weighted by atomic mass is 15.3. The van der Waals surface area contributed by atoms with E-state index in [9.17, 15) is 0 Å². The molecule has 3 rings (SSSR count). The molecule has 3 heteroatoms. The quantitative estimate of drug-likeness (QED) is 0.707. The van der Waals surface area contributed by atoms with Crippen molar-refractivity contribution in [1.82, 2.24) is 15.4 Å². The summed E-state index contributed by atoms with van der Waals surface area (Å²) in [5, 5.41) is 11.1. The molecule has 0 fully saturated rings. The van der Waals surface area contributed by atoms with E-state index in [0.29, 0.717) is 0 Å². The van der Waals surface area contributed by atoms with Crippen molar-refractivity contribution in [3.8, 4) is 11.1 Å². The maximum Gasteiger partial charge on any atom is 0.121 e. The Kier molecular flexibility index (Phi) is 2.65. The van der Waals surface area contributed by atoms with Gasteiger partial charge in [-0.25, -0.2) is 0 Å². The zero-order valence-corrected chi connectivity index (χ0v) is 9.93. The molecule has 3 nitrogen and oxygen atoms in total. The Morgan fingerprint density at radius 2 is 1.89 bits per heavy atom. The summed E-state index contributed by atoms with van der Waals surface area (Å²) in [6.45, 7) is 3.81. The van der Waals surface area contributed by atoms with Gasteiger partial charge in [0.05, 0.1) is 0 Å².